The Kier molecular flexibility index (Phi) is 1.37. The molecular formula is C7H12O2. The van der Waals surface area contributed by atoms with Crippen molar-refractivity contribution < 1.29 is 10.2 Å². The SMILES string of the molecule is CC1=C(C)CC(O)(O)C1. The molecule has 1 rings (SSSR count). The van der Waals surface area contributed by atoms with E-state index in [1.807, 2.05) is 13.8 Å². The van der Waals surface area contributed by atoms with Crippen molar-refractivity contribution in [1.82, 2.24) is 0 Å². The van der Waals surface area contributed by atoms with Gasteiger partial charge in [0.2, 0.25) is 0 Å². The highest BCUT2D eigenvalue weighted by molar-refractivity contribution is 5.19. The summed E-state index contributed by atoms with van der Waals surface area (Å²) in [6, 6.07) is 0. The lowest BCUT2D eigenvalue weighted by Gasteiger charge is -2.13. The van der Waals surface area contributed by atoms with E-state index < -0.39 is 5.79 Å². The highest BCUT2D eigenvalue weighted by atomic mass is 16.5. The Labute approximate surface area is 54.8 Å². The Balaban J connectivity index is 2.70. The van der Waals surface area contributed by atoms with E-state index in [1.165, 1.54) is 0 Å². The second-order valence-electron chi connectivity index (χ2n) is 2.90. The molecule has 1 aliphatic rings. The van der Waals surface area contributed by atoms with Gasteiger partial charge in [-0.15, -0.1) is 0 Å². The molecule has 0 bridgehead atoms. The maximum atomic E-state index is 9.05. The van der Waals surface area contributed by atoms with Gasteiger partial charge in [0.05, 0.1) is 0 Å². The molecule has 0 aromatic heterocycles. The predicted molar refractivity (Wildman–Crippen MR) is 34.8 cm³/mol. The van der Waals surface area contributed by atoms with Crippen LogP contribution in [0.1, 0.15) is 26.7 Å². The van der Waals surface area contributed by atoms with E-state index in [-0.39, 0.29) is 0 Å². The molecule has 2 heteroatoms. The largest absolute Gasteiger partial charge is 0.365 e. The predicted octanol–water partition coefficient (Wildman–Crippen LogP) is 0.797. The zero-order valence-corrected chi connectivity index (χ0v) is 5.81. The van der Waals surface area contributed by atoms with Crippen molar-refractivity contribution in [3.8, 4) is 0 Å². The second-order valence-corrected chi connectivity index (χ2v) is 2.90. The molecule has 0 heterocycles. The van der Waals surface area contributed by atoms with Gasteiger partial charge in [0.15, 0.2) is 5.79 Å². The molecule has 52 valence electrons. The van der Waals surface area contributed by atoms with Gasteiger partial charge >= 0.3 is 0 Å². The summed E-state index contributed by atoms with van der Waals surface area (Å²) in [7, 11) is 0. The molecule has 1 aliphatic carbocycles. The zero-order chi connectivity index (χ0) is 7.07. The number of rotatable bonds is 0. The number of aliphatic hydroxyl groups is 2. The van der Waals surface area contributed by atoms with Crippen LogP contribution in [0.2, 0.25) is 0 Å². The average molecular weight is 128 g/mol. The molecule has 9 heavy (non-hydrogen) atoms. The lowest BCUT2D eigenvalue weighted by Crippen LogP contribution is -2.23. The molecule has 0 spiro atoms. The minimum atomic E-state index is -1.44. The first kappa shape index (κ1) is 6.78. The summed E-state index contributed by atoms with van der Waals surface area (Å²) in [5, 5.41) is 18.1. The van der Waals surface area contributed by atoms with Crippen molar-refractivity contribution in [2.24, 2.45) is 0 Å². The standard InChI is InChI=1S/C7H12O2/c1-5-3-7(8,9)4-6(5)2/h8-9H,3-4H2,1-2H3. The molecule has 0 aromatic rings. The molecule has 2 nitrogen and oxygen atoms in total. The smallest absolute Gasteiger partial charge is 0.170 e. The molecule has 0 aliphatic heterocycles. The van der Waals surface area contributed by atoms with Crippen molar-refractivity contribution in [3.63, 3.8) is 0 Å². The fourth-order valence-corrected chi connectivity index (χ4v) is 1.21. The van der Waals surface area contributed by atoms with E-state index in [0.29, 0.717) is 12.8 Å². The fraction of sp³-hybridized carbons (Fsp3) is 0.714. The van der Waals surface area contributed by atoms with Crippen LogP contribution >= 0.6 is 0 Å². The highest BCUT2D eigenvalue weighted by Gasteiger charge is 2.30. The van der Waals surface area contributed by atoms with E-state index in [9.17, 15) is 0 Å². The fourth-order valence-electron chi connectivity index (χ4n) is 1.21. The molecule has 0 saturated carbocycles. The van der Waals surface area contributed by atoms with Crippen molar-refractivity contribution in [3.05, 3.63) is 11.1 Å². The Morgan fingerprint density at radius 3 is 1.56 bits per heavy atom. The molecule has 0 amide bonds. The molecule has 0 atom stereocenters. The maximum Gasteiger partial charge on any atom is 0.170 e. The van der Waals surface area contributed by atoms with Crippen LogP contribution < -0.4 is 0 Å². The first-order valence-electron chi connectivity index (χ1n) is 3.11. The number of hydrogen-bond acceptors (Lipinski definition) is 2. The van der Waals surface area contributed by atoms with E-state index in [4.69, 9.17) is 10.2 Å². The molecule has 0 fully saturated rings. The third kappa shape index (κ3) is 1.32. The molecule has 2 N–H and O–H groups in total. The summed E-state index contributed by atoms with van der Waals surface area (Å²) in [4.78, 5) is 0. The van der Waals surface area contributed by atoms with Gasteiger partial charge in [-0.1, -0.05) is 11.1 Å². The van der Waals surface area contributed by atoms with Gasteiger partial charge in [0, 0.05) is 12.8 Å². The topological polar surface area (TPSA) is 40.5 Å². The maximum absolute atomic E-state index is 9.05. The molecular weight excluding hydrogens is 116 g/mol. The van der Waals surface area contributed by atoms with Crippen LogP contribution in [0.3, 0.4) is 0 Å². The second kappa shape index (κ2) is 1.82. The Hall–Kier alpha value is -0.340. The van der Waals surface area contributed by atoms with Gasteiger partial charge < -0.3 is 10.2 Å². The Morgan fingerprint density at radius 1 is 1.11 bits per heavy atom. The summed E-state index contributed by atoms with van der Waals surface area (Å²) in [5.41, 5.74) is 2.22. The molecule has 0 aromatic carbocycles. The van der Waals surface area contributed by atoms with Crippen LogP contribution in [0.5, 0.6) is 0 Å². The Bertz CT molecular complexity index is 140. The van der Waals surface area contributed by atoms with Crippen LogP contribution in [0.25, 0.3) is 0 Å². The summed E-state index contributed by atoms with van der Waals surface area (Å²) in [6.07, 6.45) is 0.831. The van der Waals surface area contributed by atoms with Gasteiger partial charge in [0.1, 0.15) is 0 Å². The van der Waals surface area contributed by atoms with Crippen LogP contribution in [-0.2, 0) is 0 Å². The lowest BCUT2D eigenvalue weighted by atomic mass is 10.2. The van der Waals surface area contributed by atoms with Crippen molar-refractivity contribution in [2.45, 2.75) is 32.5 Å². The molecule has 0 radical (unpaired) electrons. The monoisotopic (exact) mass is 128 g/mol. The molecule has 0 unspecified atom stereocenters. The van der Waals surface area contributed by atoms with Crippen LogP contribution in [0.4, 0.5) is 0 Å². The third-order valence-corrected chi connectivity index (χ3v) is 1.83. The lowest BCUT2D eigenvalue weighted by molar-refractivity contribution is -0.150. The summed E-state index contributed by atoms with van der Waals surface area (Å²) >= 11 is 0. The summed E-state index contributed by atoms with van der Waals surface area (Å²) < 4.78 is 0. The third-order valence-electron chi connectivity index (χ3n) is 1.83. The first-order valence-corrected chi connectivity index (χ1v) is 3.11. The number of hydrogen-bond donors (Lipinski definition) is 2. The quantitative estimate of drug-likeness (QED) is 0.374. The van der Waals surface area contributed by atoms with E-state index >= 15 is 0 Å². The van der Waals surface area contributed by atoms with Crippen LogP contribution in [-0.4, -0.2) is 16.0 Å². The minimum absolute atomic E-state index is 0.416. The van der Waals surface area contributed by atoms with E-state index in [0.717, 1.165) is 11.1 Å². The summed E-state index contributed by atoms with van der Waals surface area (Å²) in [5.74, 6) is -1.44. The summed E-state index contributed by atoms with van der Waals surface area (Å²) in [6.45, 7) is 3.87. The van der Waals surface area contributed by atoms with Gasteiger partial charge in [-0.05, 0) is 13.8 Å². The van der Waals surface area contributed by atoms with Gasteiger partial charge in [-0.2, -0.15) is 0 Å². The molecule has 0 saturated heterocycles. The van der Waals surface area contributed by atoms with Gasteiger partial charge in [-0.25, -0.2) is 0 Å². The van der Waals surface area contributed by atoms with E-state index in [1.54, 1.807) is 0 Å². The van der Waals surface area contributed by atoms with Crippen molar-refractivity contribution in [1.29, 1.82) is 0 Å². The normalized spacial score (nSPS) is 25.3. The van der Waals surface area contributed by atoms with Crippen molar-refractivity contribution in [2.75, 3.05) is 0 Å². The van der Waals surface area contributed by atoms with E-state index in [2.05, 4.69) is 0 Å². The highest BCUT2D eigenvalue weighted by Crippen LogP contribution is 2.31. The average Bonchev–Trinajstić information content (AvgIpc) is 1.79. The van der Waals surface area contributed by atoms with Crippen LogP contribution in [0.15, 0.2) is 11.1 Å². The van der Waals surface area contributed by atoms with Gasteiger partial charge in [0.25, 0.3) is 0 Å². The minimum Gasteiger partial charge on any atom is -0.365 e. The Morgan fingerprint density at radius 2 is 1.44 bits per heavy atom. The zero-order valence-electron chi connectivity index (χ0n) is 5.81. The van der Waals surface area contributed by atoms with Crippen molar-refractivity contribution >= 4 is 0 Å². The van der Waals surface area contributed by atoms with Gasteiger partial charge in [-0.3, -0.25) is 0 Å². The van der Waals surface area contributed by atoms with Crippen LogP contribution in [0, 0.1) is 0 Å². The first-order chi connectivity index (χ1) is 4.01.